The number of nitrogens with zero attached hydrogens (tertiary/aromatic N) is 1. The Hall–Kier alpha value is -1.14. The molecule has 1 fully saturated rings. The Morgan fingerprint density at radius 3 is 2.32 bits per heavy atom. The molecule has 106 valence electrons. The standard InChI is InChI=1S/C13H18N2O3.ClH/c14-10(6-9-4-2-1-3-5-9)13(18)15-7-11(16)12(17)8-15;/h1-5,10-12,16-17H,6-8,14H2;1H/t10?,11-,12-;/m0./s1. The van der Waals surface area contributed by atoms with Crippen molar-refractivity contribution in [2.75, 3.05) is 13.1 Å². The van der Waals surface area contributed by atoms with E-state index in [-0.39, 0.29) is 31.4 Å². The van der Waals surface area contributed by atoms with Crippen molar-refractivity contribution in [2.45, 2.75) is 24.7 Å². The maximum Gasteiger partial charge on any atom is 0.240 e. The van der Waals surface area contributed by atoms with Gasteiger partial charge in [0.25, 0.3) is 0 Å². The minimum absolute atomic E-state index is 0. The fourth-order valence-corrected chi connectivity index (χ4v) is 2.14. The first kappa shape index (κ1) is 15.9. The number of carbonyl (C=O) groups excluding carboxylic acids is 1. The zero-order valence-electron chi connectivity index (χ0n) is 10.5. The van der Waals surface area contributed by atoms with Gasteiger partial charge in [-0.25, -0.2) is 0 Å². The number of hydrogen-bond acceptors (Lipinski definition) is 4. The lowest BCUT2D eigenvalue weighted by molar-refractivity contribution is -0.132. The Bertz CT molecular complexity index is 406. The predicted molar refractivity (Wildman–Crippen MR) is 74.0 cm³/mol. The third kappa shape index (κ3) is 3.91. The molecular formula is C13H19ClN2O3. The Morgan fingerprint density at radius 1 is 1.26 bits per heavy atom. The molecule has 0 saturated carbocycles. The van der Waals surface area contributed by atoms with Crippen LogP contribution in [0.15, 0.2) is 30.3 Å². The van der Waals surface area contributed by atoms with Crippen LogP contribution in [-0.4, -0.2) is 52.4 Å². The molecule has 0 bridgehead atoms. The fraction of sp³-hybridized carbons (Fsp3) is 0.462. The summed E-state index contributed by atoms with van der Waals surface area (Å²) >= 11 is 0. The van der Waals surface area contributed by atoms with Gasteiger partial charge in [-0.2, -0.15) is 0 Å². The van der Waals surface area contributed by atoms with E-state index in [1.165, 1.54) is 4.90 Å². The normalized spacial score (nSPS) is 23.8. The highest BCUT2D eigenvalue weighted by Crippen LogP contribution is 2.12. The van der Waals surface area contributed by atoms with Crippen LogP contribution in [0.1, 0.15) is 5.56 Å². The van der Waals surface area contributed by atoms with Crippen LogP contribution in [0.5, 0.6) is 0 Å². The predicted octanol–water partition coefficient (Wildman–Crippen LogP) is -0.458. The van der Waals surface area contributed by atoms with Crippen LogP contribution in [0.3, 0.4) is 0 Å². The van der Waals surface area contributed by atoms with Gasteiger partial charge in [-0.05, 0) is 12.0 Å². The molecule has 19 heavy (non-hydrogen) atoms. The number of likely N-dealkylation sites (tertiary alicyclic amines) is 1. The first-order valence-electron chi connectivity index (χ1n) is 6.02. The van der Waals surface area contributed by atoms with E-state index in [0.29, 0.717) is 6.42 Å². The number of nitrogens with two attached hydrogens (primary N) is 1. The summed E-state index contributed by atoms with van der Waals surface area (Å²) in [5.74, 6) is -0.227. The summed E-state index contributed by atoms with van der Waals surface area (Å²) < 4.78 is 0. The molecule has 5 nitrogen and oxygen atoms in total. The van der Waals surface area contributed by atoms with E-state index in [1.807, 2.05) is 30.3 Å². The molecule has 1 aliphatic rings. The molecule has 0 spiro atoms. The monoisotopic (exact) mass is 286 g/mol. The molecule has 1 heterocycles. The first-order chi connectivity index (χ1) is 8.58. The molecule has 1 saturated heterocycles. The Balaban J connectivity index is 0.00000180. The van der Waals surface area contributed by atoms with Crippen molar-refractivity contribution in [1.29, 1.82) is 0 Å². The molecule has 2 rings (SSSR count). The second kappa shape index (κ2) is 6.86. The van der Waals surface area contributed by atoms with Crippen molar-refractivity contribution in [3.8, 4) is 0 Å². The Kier molecular flexibility index (Phi) is 5.75. The average Bonchev–Trinajstić information content (AvgIpc) is 2.70. The summed E-state index contributed by atoms with van der Waals surface area (Å²) in [5.41, 5.74) is 6.86. The number of β-amino-alcohol motifs (C(OH)–C–C–N with tert-alkyl or cyclic N) is 2. The van der Waals surface area contributed by atoms with Gasteiger partial charge in [0.2, 0.25) is 5.91 Å². The lowest BCUT2D eigenvalue weighted by Crippen LogP contribution is -2.44. The van der Waals surface area contributed by atoms with Crippen LogP contribution in [0, 0.1) is 0 Å². The van der Waals surface area contributed by atoms with Crippen LogP contribution < -0.4 is 5.73 Å². The van der Waals surface area contributed by atoms with E-state index in [1.54, 1.807) is 0 Å². The largest absolute Gasteiger partial charge is 0.388 e. The van der Waals surface area contributed by atoms with Gasteiger partial charge < -0.3 is 20.8 Å². The van der Waals surface area contributed by atoms with Crippen LogP contribution in [-0.2, 0) is 11.2 Å². The number of hydrogen-bond donors (Lipinski definition) is 3. The third-order valence-electron chi connectivity index (χ3n) is 3.19. The SMILES string of the molecule is Cl.NC(Cc1ccccc1)C(=O)N1C[C@H](O)[C@@H](O)C1. The number of aliphatic hydroxyl groups is 2. The molecule has 1 amide bonds. The zero-order chi connectivity index (χ0) is 13.1. The molecule has 1 unspecified atom stereocenters. The molecule has 0 aliphatic carbocycles. The smallest absolute Gasteiger partial charge is 0.240 e. The van der Waals surface area contributed by atoms with Crippen LogP contribution >= 0.6 is 12.4 Å². The van der Waals surface area contributed by atoms with Gasteiger partial charge in [-0.15, -0.1) is 12.4 Å². The van der Waals surface area contributed by atoms with Crippen molar-refractivity contribution in [3.05, 3.63) is 35.9 Å². The van der Waals surface area contributed by atoms with E-state index in [9.17, 15) is 15.0 Å². The van der Waals surface area contributed by atoms with Gasteiger partial charge >= 0.3 is 0 Å². The lowest BCUT2D eigenvalue weighted by atomic mass is 10.1. The number of benzene rings is 1. The molecule has 0 radical (unpaired) electrons. The Morgan fingerprint density at radius 2 is 1.79 bits per heavy atom. The third-order valence-corrected chi connectivity index (χ3v) is 3.19. The summed E-state index contributed by atoms with van der Waals surface area (Å²) in [7, 11) is 0. The minimum Gasteiger partial charge on any atom is -0.388 e. The van der Waals surface area contributed by atoms with Crippen molar-refractivity contribution in [3.63, 3.8) is 0 Å². The Labute approximate surface area is 118 Å². The summed E-state index contributed by atoms with van der Waals surface area (Å²) in [5, 5.41) is 18.8. The van der Waals surface area contributed by atoms with E-state index in [4.69, 9.17) is 5.73 Å². The molecule has 0 aromatic heterocycles. The van der Waals surface area contributed by atoms with E-state index < -0.39 is 18.2 Å². The van der Waals surface area contributed by atoms with Crippen LogP contribution in [0.2, 0.25) is 0 Å². The summed E-state index contributed by atoms with van der Waals surface area (Å²) in [6.07, 6.45) is -1.27. The number of rotatable bonds is 3. The van der Waals surface area contributed by atoms with Crippen LogP contribution in [0.25, 0.3) is 0 Å². The van der Waals surface area contributed by atoms with Gasteiger partial charge in [-0.1, -0.05) is 30.3 Å². The number of amides is 1. The van der Waals surface area contributed by atoms with Gasteiger partial charge in [0, 0.05) is 13.1 Å². The average molecular weight is 287 g/mol. The van der Waals surface area contributed by atoms with Gasteiger partial charge in [0.05, 0.1) is 18.2 Å². The zero-order valence-corrected chi connectivity index (χ0v) is 11.3. The minimum atomic E-state index is -0.863. The highest BCUT2D eigenvalue weighted by molar-refractivity contribution is 5.85. The molecule has 1 aromatic rings. The fourth-order valence-electron chi connectivity index (χ4n) is 2.14. The van der Waals surface area contributed by atoms with Gasteiger partial charge in [0.15, 0.2) is 0 Å². The topological polar surface area (TPSA) is 86.8 Å². The molecule has 3 atom stereocenters. The lowest BCUT2D eigenvalue weighted by Gasteiger charge is -2.20. The molecular weight excluding hydrogens is 268 g/mol. The van der Waals surface area contributed by atoms with Gasteiger partial charge in [-0.3, -0.25) is 4.79 Å². The van der Waals surface area contributed by atoms with Crippen LogP contribution in [0.4, 0.5) is 0 Å². The second-order valence-corrected chi connectivity index (χ2v) is 4.67. The van der Waals surface area contributed by atoms with Crippen molar-refractivity contribution < 1.29 is 15.0 Å². The second-order valence-electron chi connectivity index (χ2n) is 4.67. The molecule has 1 aromatic carbocycles. The highest BCUT2D eigenvalue weighted by Gasteiger charge is 2.34. The number of carbonyl (C=O) groups is 1. The van der Waals surface area contributed by atoms with Crippen molar-refractivity contribution in [1.82, 2.24) is 4.90 Å². The summed E-state index contributed by atoms with van der Waals surface area (Å²) in [6, 6.07) is 8.90. The molecule has 1 aliphatic heterocycles. The number of aliphatic hydroxyl groups excluding tert-OH is 2. The quantitative estimate of drug-likeness (QED) is 0.702. The molecule has 4 N–H and O–H groups in total. The van der Waals surface area contributed by atoms with E-state index in [2.05, 4.69) is 0 Å². The maximum atomic E-state index is 12.0. The van der Waals surface area contributed by atoms with Crippen molar-refractivity contribution in [2.24, 2.45) is 5.73 Å². The van der Waals surface area contributed by atoms with Gasteiger partial charge in [0.1, 0.15) is 0 Å². The van der Waals surface area contributed by atoms with E-state index in [0.717, 1.165) is 5.56 Å². The first-order valence-corrected chi connectivity index (χ1v) is 6.02. The maximum absolute atomic E-state index is 12.0. The summed E-state index contributed by atoms with van der Waals surface area (Å²) in [6.45, 7) is 0.310. The van der Waals surface area contributed by atoms with E-state index >= 15 is 0 Å². The summed E-state index contributed by atoms with van der Waals surface area (Å²) in [4.78, 5) is 13.4. The highest BCUT2D eigenvalue weighted by atomic mass is 35.5. The molecule has 6 heteroatoms. The number of halogens is 1. The van der Waals surface area contributed by atoms with Crippen molar-refractivity contribution >= 4 is 18.3 Å².